The molecule has 2 aliphatic rings. The number of benzene rings is 1. The number of nitrogens with zero attached hydrogens (tertiary/aromatic N) is 4. The summed E-state index contributed by atoms with van der Waals surface area (Å²) in [5.74, 6) is 1.38. The van der Waals surface area contributed by atoms with Gasteiger partial charge >= 0.3 is 0 Å². The van der Waals surface area contributed by atoms with Crippen molar-refractivity contribution < 1.29 is 14.3 Å². The van der Waals surface area contributed by atoms with Gasteiger partial charge in [-0.2, -0.15) is 15.0 Å². The summed E-state index contributed by atoms with van der Waals surface area (Å²) in [4.78, 5) is 16.0. The second-order valence-corrected chi connectivity index (χ2v) is 7.20. The molecule has 2 aromatic rings. The Morgan fingerprint density at radius 3 is 2.96 bits per heavy atom. The van der Waals surface area contributed by atoms with Crippen LogP contribution in [0.3, 0.4) is 0 Å². The molecule has 0 bridgehead atoms. The second-order valence-electron chi connectivity index (χ2n) is 7.20. The molecule has 1 aromatic carbocycles. The molecule has 0 saturated carbocycles. The summed E-state index contributed by atoms with van der Waals surface area (Å²) in [6.07, 6.45) is 5.02. The first-order chi connectivity index (χ1) is 12.0. The standard InChI is InChI=1S/C18H22N4O3/c1-18(2)10-13-4-3-5-15(17(13)25-18)24-12-16(23)21-9-6-14(11-21)22-19-7-8-20-22/h3-5,7-8,14H,6,9-12H2,1-2H3. The first-order valence-corrected chi connectivity index (χ1v) is 8.59. The van der Waals surface area contributed by atoms with Crippen molar-refractivity contribution in [1.29, 1.82) is 0 Å². The number of rotatable bonds is 4. The van der Waals surface area contributed by atoms with E-state index in [1.807, 2.05) is 23.1 Å². The van der Waals surface area contributed by atoms with Gasteiger partial charge in [0, 0.05) is 25.1 Å². The number of hydrogen-bond donors (Lipinski definition) is 0. The van der Waals surface area contributed by atoms with Crippen LogP contribution in [-0.4, -0.2) is 51.1 Å². The van der Waals surface area contributed by atoms with E-state index >= 15 is 0 Å². The topological polar surface area (TPSA) is 69.5 Å². The fourth-order valence-electron chi connectivity index (χ4n) is 3.50. The van der Waals surface area contributed by atoms with E-state index in [1.54, 1.807) is 17.2 Å². The van der Waals surface area contributed by atoms with Crippen LogP contribution in [0.4, 0.5) is 0 Å². The van der Waals surface area contributed by atoms with Crippen LogP contribution in [-0.2, 0) is 11.2 Å². The Hall–Kier alpha value is -2.57. The van der Waals surface area contributed by atoms with Gasteiger partial charge in [0.05, 0.1) is 18.4 Å². The zero-order chi connectivity index (χ0) is 17.4. The molecule has 1 atom stereocenters. The van der Waals surface area contributed by atoms with Crippen molar-refractivity contribution in [2.75, 3.05) is 19.7 Å². The highest BCUT2D eigenvalue weighted by molar-refractivity contribution is 5.78. The number of fused-ring (bicyclic) bond motifs is 1. The van der Waals surface area contributed by atoms with E-state index in [1.165, 1.54) is 0 Å². The number of ether oxygens (including phenoxy) is 2. The Labute approximate surface area is 146 Å². The van der Waals surface area contributed by atoms with Gasteiger partial charge < -0.3 is 14.4 Å². The van der Waals surface area contributed by atoms with Crippen LogP contribution in [0.25, 0.3) is 0 Å². The van der Waals surface area contributed by atoms with Gasteiger partial charge in [0.25, 0.3) is 5.91 Å². The average molecular weight is 342 g/mol. The fraction of sp³-hybridized carbons (Fsp3) is 0.500. The first kappa shape index (κ1) is 15.9. The van der Waals surface area contributed by atoms with Gasteiger partial charge in [-0.3, -0.25) is 4.79 Å². The number of carbonyl (C=O) groups is 1. The van der Waals surface area contributed by atoms with Gasteiger partial charge in [0.2, 0.25) is 0 Å². The molecule has 0 N–H and O–H groups in total. The molecule has 3 heterocycles. The maximum Gasteiger partial charge on any atom is 0.260 e. The third-order valence-corrected chi connectivity index (χ3v) is 4.69. The maximum atomic E-state index is 12.5. The van der Waals surface area contributed by atoms with Crippen LogP contribution in [0, 0.1) is 0 Å². The highest BCUT2D eigenvalue weighted by Gasteiger charge is 2.33. The molecule has 0 spiro atoms. The normalized spacial score (nSPS) is 21.0. The molecule has 1 saturated heterocycles. The lowest BCUT2D eigenvalue weighted by molar-refractivity contribution is -0.132. The third-order valence-electron chi connectivity index (χ3n) is 4.69. The molecule has 1 amide bonds. The van der Waals surface area contributed by atoms with Gasteiger partial charge in [-0.1, -0.05) is 12.1 Å². The van der Waals surface area contributed by atoms with E-state index in [2.05, 4.69) is 24.0 Å². The van der Waals surface area contributed by atoms with Crippen LogP contribution in [0.5, 0.6) is 11.5 Å². The van der Waals surface area contributed by atoms with E-state index in [0.717, 1.165) is 24.2 Å². The summed E-state index contributed by atoms with van der Waals surface area (Å²) in [5.41, 5.74) is 0.894. The van der Waals surface area contributed by atoms with E-state index in [4.69, 9.17) is 9.47 Å². The quantitative estimate of drug-likeness (QED) is 0.848. The summed E-state index contributed by atoms with van der Waals surface area (Å²) in [7, 11) is 0. The predicted octanol–water partition coefficient (Wildman–Crippen LogP) is 1.84. The van der Waals surface area contributed by atoms with E-state index in [0.29, 0.717) is 18.8 Å². The van der Waals surface area contributed by atoms with Crippen LogP contribution in [0.1, 0.15) is 31.9 Å². The number of likely N-dealkylation sites (tertiary alicyclic amines) is 1. The molecule has 1 aromatic heterocycles. The minimum Gasteiger partial charge on any atom is -0.483 e. The summed E-state index contributed by atoms with van der Waals surface area (Å²) in [6.45, 7) is 5.43. The smallest absolute Gasteiger partial charge is 0.260 e. The van der Waals surface area contributed by atoms with Crippen LogP contribution in [0.2, 0.25) is 0 Å². The Morgan fingerprint density at radius 2 is 2.16 bits per heavy atom. The van der Waals surface area contributed by atoms with Crippen LogP contribution < -0.4 is 9.47 Å². The highest BCUT2D eigenvalue weighted by atomic mass is 16.5. The molecular formula is C18H22N4O3. The van der Waals surface area contributed by atoms with Crippen molar-refractivity contribution in [3.8, 4) is 11.5 Å². The van der Waals surface area contributed by atoms with E-state index in [9.17, 15) is 4.79 Å². The lowest BCUT2D eigenvalue weighted by Crippen LogP contribution is -2.33. The first-order valence-electron chi connectivity index (χ1n) is 8.59. The van der Waals surface area contributed by atoms with Crippen molar-refractivity contribution in [2.45, 2.75) is 38.3 Å². The van der Waals surface area contributed by atoms with Crippen molar-refractivity contribution in [3.05, 3.63) is 36.2 Å². The summed E-state index contributed by atoms with van der Waals surface area (Å²) in [6, 6.07) is 5.98. The molecule has 1 unspecified atom stereocenters. The second kappa shape index (κ2) is 6.06. The molecule has 7 heteroatoms. The zero-order valence-electron chi connectivity index (χ0n) is 14.5. The number of aromatic nitrogens is 3. The Balaban J connectivity index is 1.37. The molecule has 0 aliphatic carbocycles. The maximum absolute atomic E-state index is 12.5. The largest absolute Gasteiger partial charge is 0.483 e. The molecule has 0 radical (unpaired) electrons. The average Bonchev–Trinajstić information content (AvgIpc) is 3.29. The van der Waals surface area contributed by atoms with Crippen LogP contribution >= 0.6 is 0 Å². The lowest BCUT2D eigenvalue weighted by atomic mass is 10.0. The fourth-order valence-corrected chi connectivity index (χ4v) is 3.50. The summed E-state index contributed by atoms with van der Waals surface area (Å²) >= 11 is 0. The van der Waals surface area contributed by atoms with E-state index in [-0.39, 0.29) is 24.2 Å². The van der Waals surface area contributed by atoms with Gasteiger partial charge in [0.15, 0.2) is 18.1 Å². The van der Waals surface area contributed by atoms with E-state index < -0.39 is 0 Å². The molecule has 132 valence electrons. The monoisotopic (exact) mass is 342 g/mol. The predicted molar refractivity (Wildman–Crippen MR) is 90.6 cm³/mol. The van der Waals surface area contributed by atoms with Gasteiger partial charge in [0.1, 0.15) is 5.60 Å². The zero-order valence-corrected chi connectivity index (χ0v) is 14.5. The number of amides is 1. The summed E-state index contributed by atoms with van der Waals surface area (Å²) < 4.78 is 11.8. The third kappa shape index (κ3) is 3.18. The Morgan fingerprint density at radius 1 is 1.36 bits per heavy atom. The van der Waals surface area contributed by atoms with Crippen molar-refractivity contribution in [2.24, 2.45) is 0 Å². The molecule has 4 rings (SSSR count). The number of carbonyl (C=O) groups excluding carboxylic acids is 1. The Kier molecular flexibility index (Phi) is 3.86. The van der Waals surface area contributed by atoms with Crippen molar-refractivity contribution >= 4 is 5.91 Å². The molecule has 7 nitrogen and oxygen atoms in total. The summed E-state index contributed by atoms with van der Waals surface area (Å²) in [5, 5.41) is 8.32. The molecular weight excluding hydrogens is 320 g/mol. The number of para-hydroxylation sites is 1. The molecule has 25 heavy (non-hydrogen) atoms. The highest BCUT2D eigenvalue weighted by Crippen LogP contribution is 2.41. The van der Waals surface area contributed by atoms with Crippen LogP contribution in [0.15, 0.2) is 30.6 Å². The van der Waals surface area contributed by atoms with Gasteiger partial charge in [-0.25, -0.2) is 0 Å². The van der Waals surface area contributed by atoms with Crippen molar-refractivity contribution in [1.82, 2.24) is 19.9 Å². The Bertz CT molecular complexity index is 773. The van der Waals surface area contributed by atoms with Gasteiger partial charge in [-0.15, -0.1) is 0 Å². The number of hydrogen-bond acceptors (Lipinski definition) is 5. The molecule has 1 fully saturated rings. The molecule has 2 aliphatic heterocycles. The SMILES string of the molecule is CC1(C)Cc2cccc(OCC(=O)N3CCC(n4nccn4)C3)c2O1. The van der Waals surface area contributed by atoms with Gasteiger partial charge in [-0.05, 0) is 26.3 Å². The van der Waals surface area contributed by atoms with Crippen molar-refractivity contribution in [3.63, 3.8) is 0 Å². The minimum absolute atomic E-state index is 0.0134. The minimum atomic E-state index is -0.231. The lowest BCUT2D eigenvalue weighted by Gasteiger charge is -2.19.